The number of hydrogen-bond acceptors (Lipinski definition) is 4. The third-order valence-corrected chi connectivity index (χ3v) is 5.40. The van der Waals surface area contributed by atoms with Gasteiger partial charge in [-0.1, -0.05) is 44.2 Å². The van der Waals surface area contributed by atoms with Crippen LogP contribution in [0.25, 0.3) is 0 Å². The average Bonchev–Trinajstić information content (AvgIpc) is 2.65. The summed E-state index contributed by atoms with van der Waals surface area (Å²) in [5, 5.41) is 2.76. The van der Waals surface area contributed by atoms with E-state index < -0.39 is 10.0 Å². The first-order chi connectivity index (χ1) is 12.8. The highest BCUT2D eigenvalue weighted by Gasteiger charge is 2.18. The summed E-state index contributed by atoms with van der Waals surface area (Å²) < 4.78 is 33.1. The third kappa shape index (κ3) is 6.69. The number of carbonyl (C=O) groups excluding carboxylic acids is 1. The van der Waals surface area contributed by atoms with Crippen LogP contribution in [0.15, 0.2) is 59.5 Å². The standard InChI is InChI=1S/C20H26N2O4S/c1-15(2)13-21-20(23)14-26-18-9-11-19(12-10-18)27(24,25)22-16(3)17-7-5-4-6-8-17/h4-12,15-16,22H,13-14H2,1-3H3,(H,21,23)/t16-/m0/s1. The first kappa shape index (κ1) is 20.9. The Hall–Kier alpha value is -2.38. The van der Waals surface area contributed by atoms with Gasteiger partial charge in [-0.2, -0.15) is 0 Å². The van der Waals surface area contributed by atoms with Gasteiger partial charge in [-0.15, -0.1) is 0 Å². The zero-order chi connectivity index (χ0) is 19.9. The number of amides is 1. The second-order valence-electron chi connectivity index (χ2n) is 6.71. The van der Waals surface area contributed by atoms with Gasteiger partial charge in [0.05, 0.1) is 4.90 Å². The molecule has 0 radical (unpaired) electrons. The summed E-state index contributed by atoms with van der Waals surface area (Å²) in [6, 6.07) is 15.0. The van der Waals surface area contributed by atoms with Gasteiger partial charge in [0.15, 0.2) is 6.61 Å². The Balaban J connectivity index is 1.94. The summed E-state index contributed by atoms with van der Waals surface area (Å²) in [5.74, 6) is 0.590. The fraction of sp³-hybridized carbons (Fsp3) is 0.350. The van der Waals surface area contributed by atoms with Gasteiger partial charge in [-0.3, -0.25) is 4.79 Å². The Bertz CT molecular complexity index is 834. The van der Waals surface area contributed by atoms with Crippen LogP contribution < -0.4 is 14.8 Å². The molecule has 6 nitrogen and oxygen atoms in total. The predicted octanol–water partition coefficient (Wildman–Crippen LogP) is 2.88. The van der Waals surface area contributed by atoms with Gasteiger partial charge in [0.25, 0.3) is 5.91 Å². The second-order valence-corrected chi connectivity index (χ2v) is 8.43. The van der Waals surface area contributed by atoms with Crippen LogP contribution in [0.4, 0.5) is 0 Å². The van der Waals surface area contributed by atoms with E-state index in [2.05, 4.69) is 10.0 Å². The van der Waals surface area contributed by atoms with Crippen molar-refractivity contribution in [2.75, 3.05) is 13.2 Å². The average molecular weight is 391 g/mol. The van der Waals surface area contributed by atoms with E-state index in [9.17, 15) is 13.2 Å². The molecule has 2 rings (SSSR count). The maximum absolute atomic E-state index is 12.5. The molecule has 0 aliphatic carbocycles. The largest absolute Gasteiger partial charge is 0.484 e. The first-order valence-electron chi connectivity index (χ1n) is 8.85. The Kier molecular flexibility index (Phi) is 7.38. The second kappa shape index (κ2) is 9.53. The van der Waals surface area contributed by atoms with Gasteiger partial charge in [0.2, 0.25) is 10.0 Å². The Morgan fingerprint density at radius 3 is 2.22 bits per heavy atom. The van der Waals surface area contributed by atoms with Gasteiger partial charge < -0.3 is 10.1 Å². The van der Waals surface area contributed by atoms with Crippen molar-refractivity contribution < 1.29 is 17.9 Å². The first-order valence-corrected chi connectivity index (χ1v) is 10.3. The third-order valence-electron chi connectivity index (χ3n) is 3.84. The highest BCUT2D eigenvalue weighted by atomic mass is 32.2. The fourth-order valence-corrected chi connectivity index (χ4v) is 3.58. The van der Waals surface area contributed by atoms with E-state index in [1.54, 1.807) is 6.92 Å². The van der Waals surface area contributed by atoms with Crippen LogP contribution in [0.2, 0.25) is 0 Å². The molecule has 0 spiro atoms. The number of sulfonamides is 1. The molecule has 1 amide bonds. The smallest absolute Gasteiger partial charge is 0.257 e. The van der Waals surface area contributed by atoms with Crippen molar-refractivity contribution in [1.82, 2.24) is 10.0 Å². The lowest BCUT2D eigenvalue weighted by molar-refractivity contribution is -0.123. The maximum Gasteiger partial charge on any atom is 0.257 e. The number of hydrogen-bond donors (Lipinski definition) is 2. The van der Waals surface area contributed by atoms with Crippen LogP contribution in [-0.4, -0.2) is 27.5 Å². The van der Waals surface area contributed by atoms with Crippen molar-refractivity contribution in [1.29, 1.82) is 0 Å². The van der Waals surface area contributed by atoms with E-state index >= 15 is 0 Å². The molecule has 0 unspecified atom stereocenters. The number of ether oxygens (including phenoxy) is 1. The van der Waals surface area contributed by atoms with Crippen LogP contribution in [0.1, 0.15) is 32.4 Å². The minimum atomic E-state index is -3.66. The Labute approximate surface area is 161 Å². The lowest BCUT2D eigenvalue weighted by Crippen LogP contribution is -2.31. The quantitative estimate of drug-likeness (QED) is 0.690. The zero-order valence-electron chi connectivity index (χ0n) is 15.8. The summed E-state index contributed by atoms with van der Waals surface area (Å²) in [6.45, 7) is 6.28. The number of carbonyl (C=O) groups is 1. The van der Waals surface area contributed by atoms with E-state index in [0.29, 0.717) is 18.2 Å². The lowest BCUT2D eigenvalue weighted by Gasteiger charge is -2.15. The molecule has 0 aliphatic heterocycles. The molecule has 0 saturated heterocycles. The van der Waals surface area contributed by atoms with Crippen molar-refractivity contribution in [3.8, 4) is 5.75 Å². The number of benzene rings is 2. The highest BCUT2D eigenvalue weighted by Crippen LogP contribution is 2.19. The van der Waals surface area contributed by atoms with Crippen molar-refractivity contribution in [2.45, 2.75) is 31.7 Å². The number of nitrogens with one attached hydrogen (secondary N) is 2. The van der Waals surface area contributed by atoms with Crippen LogP contribution in [0.5, 0.6) is 5.75 Å². The molecular formula is C20H26N2O4S. The van der Waals surface area contributed by atoms with Crippen LogP contribution in [0.3, 0.4) is 0 Å². The molecule has 2 aromatic carbocycles. The van der Waals surface area contributed by atoms with Crippen LogP contribution in [-0.2, 0) is 14.8 Å². The van der Waals surface area contributed by atoms with Gasteiger partial charge in [-0.25, -0.2) is 13.1 Å². The molecule has 2 aromatic rings. The molecule has 0 heterocycles. The minimum Gasteiger partial charge on any atom is -0.484 e. The summed E-state index contributed by atoms with van der Waals surface area (Å²) in [7, 11) is -3.66. The highest BCUT2D eigenvalue weighted by molar-refractivity contribution is 7.89. The van der Waals surface area contributed by atoms with Gasteiger partial charge in [-0.05, 0) is 42.7 Å². The Morgan fingerprint density at radius 2 is 1.63 bits per heavy atom. The fourth-order valence-electron chi connectivity index (χ4n) is 2.34. The van der Waals surface area contributed by atoms with Crippen molar-refractivity contribution >= 4 is 15.9 Å². The van der Waals surface area contributed by atoms with Gasteiger partial charge >= 0.3 is 0 Å². The molecule has 0 saturated carbocycles. The molecule has 2 N–H and O–H groups in total. The van der Waals surface area contributed by atoms with Gasteiger partial charge in [0, 0.05) is 12.6 Å². The van der Waals surface area contributed by atoms with Gasteiger partial charge in [0.1, 0.15) is 5.75 Å². The zero-order valence-corrected chi connectivity index (χ0v) is 16.6. The molecule has 0 aliphatic rings. The summed E-state index contributed by atoms with van der Waals surface area (Å²) in [5.41, 5.74) is 0.883. The normalized spacial score (nSPS) is 12.6. The molecule has 7 heteroatoms. The molecule has 1 atom stereocenters. The molecule has 0 aromatic heterocycles. The number of rotatable bonds is 9. The van der Waals surface area contributed by atoms with Crippen molar-refractivity contribution in [3.05, 3.63) is 60.2 Å². The topological polar surface area (TPSA) is 84.5 Å². The van der Waals surface area contributed by atoms with E-state index in [-0.39, 0.29) is 23.5 Å². The van der Waals surface area contributed by atoms with E-state index in [1.165, 1.54) is 24.3 Å². The van der Waals surface area contributed by atoms with E-state index in [4.69, 9.17) is 4.74 Å². The Morgan fingerprint density at radius 1 is 1.00 bits per heavy atom. The predicted molar refractivity (Wildman–Crippen MR) is 105 cm³/mol. The van der Waals surface area contributed by atoms with Crippen molar-refractivity contribution in [3.63, 3.8) is 0 Å². The molecule has 0 fully saturated rings. The molecule has 27 heavy (non-hydrogen) atoms. The molecule has 146 valence electrons. The minimum absolute atomic E-state index is 0.109. The lowest BCUT2D eigenvalue weighted by atomic mass is 10.1. The SMILES string of the molecule is CC(C)CNC(=O)COc1ccc(S(=O)(=O)N[C@@H](C)c2ccccc2)cc1. The van der Waals surface area contributed by atoms with Crippen LogP contribution >= 0.6 is 0 Å². The van der Waals surface area contributed by atoms with E-state index in [0.717, 1.165) is 5.56 Å². The van der Waals surface area contributed by atoms with Crippen LogP contribution in [0, 0.1) is 5.92 Å². The summed E-state index contributed by atoms with van der Waals surface area (Å²) in [4.78, 5) is 11.8. The molecule has 0 bridgehead atoms. The van der Waals surface area contributed by atoms with Crippen molar-refractivity contribution in [2.24, 2.45) is 5.92 Å². The summed E-state index contributed by atoms with van der Waals surface area (Å²) >= 11 is 0. The van der Waals surface area contributed by atoms with E-state index in [1.807, 2.05) is 44.2 Å². The molecular weight excluding hydrogens is 364 g/mol. The monoisotopic (exact) mass is 390 g/mol. The summed E-state index contributed by atoms with van der Waals surface area (Å²) in [6.07, 6.45) is 0. The maximum atomic E-state index is 12.5.